The fourth-order valence-corrected chi connectivity index (χ4v) is 1.21. The predicted molar refractivity (Wildman–Crippen MR) is 52.3 cm³/mol. The number of unbranched alkanes of at least 4 members (excludes halogenated alkanes) is 2. The summed E-state index contributed by atoms with van der Waals surface area (Å²) in [5.74, 6) is -0.216. The molecule has 0 N–H and O–H groups in total. The van der Waals surface area contributed by atoms with Gasteiger partial charge in [0.1, 0.15) is 6.10 Å². The second-order valence-electron chi connectivity index (χ2n) is 3.18. The van der Waals surface area contributed by atoms with E-state index in [1.165, 1.54) is 18.9 Å². The van der Waals surface area contributed by atoms with Gasteiger partial charge in [0.2, 0.25) is 0 Å². The first kappa shape index (κ1) is 10.0. The Bertz CT molecular complexity index is 216. The van der Waals surface area contributed by atoms with Crippen molar-refractivity contribution in [1.29, 1.82) is 0 Å². The van der Waals surface area contributed by atoms with Crippen LogP contribution in [0.3, 0.4) is 0 Å². The lowest BCUT2D eigenvalue weighted by molar-refractivity contribution is -0.138. The summed E-state index contributed by atoms with van der Waals surface area (Å²) in [7, 11) is 0. The zero-order valence-electron chi connectivity index (χ0n) is 8.03. The number of rotatable bonds is 5. The van der Waals surface area contributed by atoms with E-state index in [1.54, 1.807) is 0 Å². The monoisotopic (exact) mass is 180 g/mol. The van der Waals surface area contributed by atoms with Crippen LogP contribution >= 0.6 is 0 Å². The molecule has 0 aromatic heterocycles. The lowest BCUT2D eigenvalue weighted by Crippen LogP contribution is -2.05. The molecule has 1 heterocycles. The second kappa shape index (κ2) is 5.57. The average Bonchev–Trinajstić information content (AvgIpc) is 2.51. The van der Waals surface area contributed by atoms with Crippen LogP contribution in [0.25, 0.3) is 0 Å². The summed E-state index contributed by atoms with van der Waals surface area (Å²) in [6.45, 7) is 2.18. The van der Waals surface area contributed by atoms with Gasteiger partial charge in [0.25, 0.3) is 0 Å². The Kier molecular flexibility index (Phi) is 4.30. The largest absolute Gasteiger partial charge is 0.455 e. The topological polar surface area (TPSA) is 26.3 Å². The highest BCUT2D eigenvalue weighted by Crippen LogP contribution is 2.09. The molecule has 72 valence electrons. The van der Waals surface area contributed by atoms with Crippen LogP contribution < -0.4 is 0 Å². The van der Waals surface area contributed by atoms with Gasteiger partial charge in [0.15, 0.2) is 0 Å². The lowest BCUT2D eigenvalue weighted by Gasteiger charge is -2.03. The third kappa shape index (κ3) is 3.92. The molecule has 0 saturated heterocycles. The van der Waals surface area contributed by atoms with Gasteiger partial charge in [-0.25, -0.2) is 4.79 Å². The molecule has 0 aliphatic carbocycles. The van der Waals surface area contributed by atoms with E-state index in [2.05, 4.69) is 19.1 Å². The quantitative estimate of drug-likeness (QED) is 0.369. The van der Waals surface area contributed by atoms with Crippen LogP contribution in [0.1, 0.15) is 32.6 Å². The summed E-state index contributed by atoms with van der Waals surface area (Å²) in [6.07, 6.45) is 11.9. The third-order valence-electron chi connectivity index (χ3n) is 1.97. The molecule has 13 heavy (non-hydrogen) atoms. The Morgan fingerprint density at radius 2 is 2.38 bits per heavy atom. The van der Waals surface area contributed by atoms with Crippen molar-refractivity contribution in [3.8, 4) is 0 Å². The van der Waals surface area contributed by atoms with Crippen molar-refractivity contribution in [1.82, 2.24) is 0 Å². The molecule has 0 radical (unpaired) electrons. The van der Waals surface area contributed by atoms with Gasteiger partial charge in [-0.15, -0.1) is 0 Å². The van der Waals surface area contributed by atoms with Gasteiger partial charge in [-0.3, -0.25) is 0 Å². The zero-order valence-corrected chi connectivity index (χ0v) is 8.03. The first-order valence-corrected chi connectivity index (χ1v) is 4.86. The minimum Gasteiger partial charge on any atom is -0.455 e. The molecule has 2 heteroatoms. The number of esters is 1. The van der Waals surface area contributed by atoms with Gasteiger partial charge in [-0.1, -0.05) is 31.9 Å². The molecule has 0 saturated carbocycles. The van der Waals surface area contributed by atoms with Crippen molar-refractivity contribution in [2.24, 2.45) is 0 Å². The fraction of sp³-hybridized carbons (Fsp3) is 0.545. The first-order valence-electron chi connectivity index (χ1n) is 4.86. The molecule has 0 bridgehead atoms. The van der Waals surface area contributed by atoms with Gasteiger partial charge in [-0.05, 0) is 12.5 Å². The molecule has 1 atom stereocenters. The van der Waals surface area contributed by atoms with Crippen LogP contribution in [0.5, 0.6) is 0 Å². The lowest BCUT2D eigenvalue weighted by atomic mass is 10.2. The van der Waals surface area contributed by atoms with E-state index >= 15 is 0 Å². The molecule has 1 unspecified atom stereocenters. The second-order valence-corrected chi connectivity index (χ2v) is 3.18. The zero-order chi connectivity index (χ0) is 9.52. The maximum absolute atomic E-state index is 10.7. The molecule has 0 spiro atoms. The van der Waals surface area contributed by atoms with Gasteiger partial charge < -0.3 is 4.74 Å². The Hall–Kier alpha value is -1.05. The van der Waals surface area contributed by atoms with Crippen molar-refractivity contribution in [2.45, 2.75) is 38.7 Å². The standard InChI is InChI=1S/C11H16O2/c1-2-3-4-5-6-7-10-8-9-11(12)13-10/h5-6,8-10H,2-4,7H2,1H3/b6-5+. The van der Waals surface area contributed by atoms with Gasteiger partial charge in [0.05, 0.1) is 0 Å². The number of carbonyl (C=O) groups is 1. The summed E-state index contributed by atoms with van der Waals surface area (Å²) in [5, 5.41) is 0. The molecule has 0 aromatic carbocycles. The highest BCUT2D eigenvalue weighted by atomic mass is 16.5. The highest BCUT2D eigenvalue weighted by molar-refractivity contribution is 5.84. The Balaban J connectivity index is 2.09. The summed E-state index contributed by atoms with van der Waals surface area (Å²) in [5.41, 5.74) is 0. The Labute approximate surface area is 79.3 Å². The van der Waals surface area contributed by atoms with E-state index in [1.807, 2.05) is 6.08 Å². The van der Waals surface area contributed by atoms with Crippen LogP contribution in [0.15, 0.2) is 24.3 Å². The summed E-state index contributed by atoms with van der Waals surface area (Å²) in [4.78, 5) is 10.7. The van der Waals surface area contributed by atoms with Crippen molar-refractivity contribution in [2.75, 3.05) is 0 Å². The fourth-order valence-electron chi connectivity index (χ4n) is 1.21. The molecular formula is C11H16O2. The van der Waals surface area contributed by atoms with Gasteiger partial charge in [-0.2, -0.15) is 0 Å². The number of allylic oxidation sites excluding steroid dienone is 1. The Morgan fingerprint density at radius 1 is 1.54 bits per heavy atom. The van der Waals surface area contributed by atoms with E-state index in [9.17, 15) is 4.79 Å². The van der Waals surface area contributed by atoms with Crippen molar-refractivity contribution < 1.29 is 9.53 Å². The van der Waals surface area contributed by atoms with E-state index in [0.717, 1.165) is 12.8 Å². The maximum atomic E-state index is 10.7. The number of hydrogen-bond donors (Lipinski definition) is 0. The Morgan fingerprint density at radius 3 is 3.00 bits per heavy atom. The van der Waals surface area contributed by atoms with Crippen molar-refractivity contribution in [3.63, 3.8) is 0 Å². The SMILES string of the molecule is CCCC/C=C/CC1C=CC(=O)O1. The highest BCUT2D eigenvalue weighted by Gasteiger charge is 2.13. The number of hydrogen-bond acceptors (Lipinski definition) is 2. The van der Waals surface area contributed by atoms with Crippen molar-refractivity contribution >= 4 is 5.97 Å². The van der Waals surface area contributed by atoms with E-state index < -0.39 is 0 Å². The summed E-state index contributed by atoms with van der Waals surface area (Å²) in [6, 6.07) is 0. The summed E-state index contributed by atoms with van der Waals surface area (Å²) >= 11 is 0. The molecule has 1 aliphatic heterocycles. The molecule has 0 aromatic rings. The molecule has 0 amide bonds. The van der Waals surface area contributed by atoms with Crippen LogP contribution in [0, 0.1) is 0 Å². The predicted octanol–water partition coefficient (Wildman–Crippen LogP) is 2.60. The smallest absolute Gasteiger partial charge is 0.331 e. The minimum atomic E-state index is -0.216. The van der Waals surface area contributed by atoms with Crippen LogP contribution in [-0.2, 0) is 9.53 Å². The molecule has 0 fully saturated rings. The van der Waals surface area contributed by atoms with E-state index in [-0.39, 0.29) is 12.1 Å². The normalized spacial score (nSPS) is 21.3. The molecule has 2 nitrogen and oxygen atoms in total. The van der Waals surface area contributed by atoms with E-state index in [0.29, 0.717) is 0 Å². The van der Waals surface area contributed by atoms with Crippen LogP contribution in [0.4, 0.5) is 0 Å². The van der Waals surface area contributed by atoms with Crippen LogP contribution in [-0.4, -0.2) is 12.1 Å². The number of cyclic esters (lactones) is 1. The maximum Gasteiger partial charge on any atom is 0.331 e. The minimum absolute atomic E-state index is 0.0228. The number of carbonyl (C=O) groups excluding carboxylic acids is 1. The molecule has 1 aliphatic rings. The van der Waals surface area contributed by atoms with Crippen LogP contribution in [0.2, 0.25) is 0 Å². The molecule has 1 rings (SSSR count). The summed E-state index contributed by atoms with van der Waals surface area (Å²) < 4.78 is 4.97. The molecular weight excluding hydrogens is 164 g/mol. The van der Waals surface area contributed by atoms with E-state index in [4.69, 9.17) is 4.74 Å². The third-order valence-corrected chi connectivity index (χ3v) is 1.97. The van der Waals surface area contributed by atoms with Gasteiger partial charge in [0, 0.05) is 12.5 Å². The number of ether oxygens (including phenoxy) is 1. The van der Waals surface area contributed by atoms with Gasteiger partial charge >= 0.3 is 5.97 Å². The first-order chi connectivity index (χ1) is 6.33. The van der Waals surface area contributed by atoms with Crippen molar-refractivity contribution in [3.05, 3.63) is 24.3 Å². The average molecular weight is 180 g/mol.